The number of hydrogen-bond donors (Lipinski definition) is 0. The van der Waals surface area contributed by atoms with Gasteiger partial charge in [0.25, 0.3) is 0 Å². The van der Waals surface area contributed by atoms with Crippen LogP contribution in [0.15, 0.2) is 0 Å². The van der Waals surface area contributed by atoms with E-state index in [9.17, 15) is 0 Å². The number of nitrogens with zero attached hydrogens (tertiary/aromatic N) is 2. The van der Waals surface area contributed by atoms with Crippen LogP contribution in [0.25, 0.3) is 0 Å². The molecule has 2 heteroatoms. The average molecular weight is 238 g/mol. The largest absolute Gasteiger partial charge is 0.306 e. The maximum atomic E-state index is 2.69. The second-order valence-electron chi connectivity index (χ2n) is 6.41. The Kier molecular flexibility index (Phi) is 5.30. The molecule has 0 aromatic carbocycles. The molecule has 0 saturated carbocycles. The average Bonchev–Trinajstić information content (AvgIpc) is 2.34. The van der Waals surface area contributed by atoms with Crippen LogP contribution >= 0.6 is 0 Å². The van der Waals surface area contributed by atoms with Crippen molar-refractivity contribution in [2.45, 2.75) is 45.4 Å². The molecule has 17 heavy (non-hydrogen) atoms. The van der Waals surface area contributed by atoms with Crippen molar-refractivity contribution >= 4 is 0 Å². The monoisotopic (exact) mass is 238 g/mol. The van der Waals surface area contributed by atoms with E-state index in [0.29, 0.717) is 0 Å². The highest BCUT2D eigenvalue weighted by molar-refractivity contribution is 4.72. The van der Waals surface area contributed by atoms with Crippen molar-refractivity contribution in [2.75, 3.05) is 39.8 Å². The van der Waals surface area contributed by atoms with Crippen molar-refractivity contribution in [2.24, 2.45) is 11.8 Å². The molecule has 0 aliphatic carbocycles. The third-order valence-electron chi connectivity index (χ3n) is 4.80. The van der Waals surface area contributed by atoms with E-state index in [2.05, 4.69) is 23.8 Å². The van der Waals surface area contributed by atoms with Crippen LogP contribution in [0.4, 0.5) is 0 Å². The first-order valence-corrected chi connectivity index (χ1v) is 7.65. The fourth-order valence-electron chi connectivity index (χ4n) is 3.24. The van der Waals surface area contributed by atoms with Crippen LogP contribution in [-0.4, -0.2) is 49.6 Å². The summed E-state index contributed by atoms with van der Waals surface area (Å²) in [6, 6.07) is 0. The lowest BCUT2D eigenvalue weighted by Crippen LogP contribution is -2.34. The van der Waals surface area contributed by atoms with E-state index < -0.39 is 0 Å². The highest BCUT2D eigenvalue weighted by Crippen LogP contribution is 2.22. The lowest BCUT2D eigenvalue weighted by molar-refractivity contribution is 0.173. The summed E-state index contributed by atoms with van der Waals surface area (Å²) in [6.07, 6.45) is 8.63. The molecule has 2 aliphatic heterocycles. The predicted molar refractivity (Wildman–Crippen MR) is 74.3 cm³/mol. The summed E-state index contributed by atoms with van der Waals surface area (Å²) in [7, 11) is 2.26. The van der Waals surface area contributed by atoms with Crippen LogP contribution in [-0.2, 0) is 0 Å². The molecule has 2 aliphatic rings. The first-order valence-electron chi connectivity index (χ1n) is 7.65. The van der Waals surface area contributed by atoms with Gasteiger partial charge in [-0.15, -0.1) is 0 Å². The number of likely N-dealkylation sites (tertiary alicyclic amines) is 2. The molecule has 0 N–H and O–H groups in total. The molecule has 0 spiro atoms. The van der Waals surface area contributed by atoms with Crippen LogP contribution in [0.1, 0.15) is 45.4 Å². The lowest BCUT2D eigenvalue weighted by atomic mass is 9.92. The van der Waals surface area contributed by atoms with Crippen molar-refractivity contribution in [3.63, 3.8) is 0 Å². The first kappa shape index (κ1) is 13.4. The summed E-state index contributed by atoms with van der Waals surface area (Å²) in [4.78, 5) is 5.16. The van der Waals surface area contributed by atoms with E-state index in [0.717, 1.165) is 11.8 Å². The highest BCUT2D eigenvalue weighted by Gasteiger charge is 2.18. The van der Waals surface area contributed by atoms with E-state index in [1.165, 1.54) is 71.2 Å². The van der Waals surface area contributed by atoms with Gasteiger partial charge in [-0.3, -0.25) is 0 Å². The summed E-state index contributed by atoms with van der Waals surface area (Å²) in [5.74, 6) is 2.00. The number of hydrogen-bond acceptors (Lipinski definition) is 2. The molecular formula is C15H30N2. The minimum Gasteiger partial charge on any atom is -0.306 e. The third kappa shape index (κ3) is 4.59. The molecule has 0 radical (unpaired) electrons. The van der Waals surface area contributed by atoms with Crippen molar-refractivity contribution in [3.05, 3.63) is 0 Å². The number of rotatable bonds is 4. The second-order valence-corrected chi connectivity index (χ2v) is 6.41. The molecule has 0 aromatic rings. The lowest BCUT2D eigenvalue weighted by Gasteiger charge is -2.32. The molecule has 100 valence electrons. The van der Waals surface area contributed by atoms with Gasteiger partial charge in [-0.2, -0.15) is 0 Å². The van der Waals surface area contributed by atoms with Gasteiger partial charge in [-0.25, -0.2) is 0 Å². The minimum absolute atomic E-state index is 0.972. The molecule has 2 saturated heterocycles. The Bertz CT molecular complexity index is 179. The van der Waals surface area contributed by atoms with Crippen molar-refractivity contribution < 1.29 is 0 Å². The van der Waals surface area contributed by atoms with Gasteiger partial charge in [0.05, 0.1) is 0 Å². The second kappa shape index (κ2) is 6.75. The van der Waals surface area contributed by atoms with E-state index in [1.807, 2.05) is 0 Å². The Morgan fingerprint density at radius 2 is 1.59 bits per heavy atom. The van der Waals surface area contributed by atoms with Crippen LogP contribution in [0, 0.1) is 11.8 Å². The van der Waals surface area contributed by atoms with Gasteiger partial charge in [0, 0.05) is 0 Å². The molecule has 2 heterocycles. The topological polar surface area (TPSA) is 6.48 Å². The Hall–Kier alpha value is -0.0800. The van der Waals surface area contributed by atoms with Gasteiger partial charge < -0.3 is 9.80 Å². The van der Waals surface area contributed by atoms with Crippen LogP contribution in [0.3, 0.4) is 0 Å². The summed E-state index contributed by atoms with van der Waals surface area (Å²) in [6.45, 7) is 9.12. The van der Waals surface area contributed by atoms with Gasteiger partial charge in [0.2, 0.25) is 0 Å². The quantitative estimate of drug-likeness (QED) is 0.743. The fraction of sp³-hybridized carbons (Fsp3) is 1.00. The molecule has 2 nitrogen and oxygen atoms in total. The molecule has 0 amide bonds. The Morgan fingerprint density at radius 1 is 0.941 bits per heavy atom. The molecule has 2 rings (SSSR count). The van der Waals surface area contributed by atoms with Crippen molar-refractivity contribution in [1.29, 1.82) is 0 Å². The Balaban J connectivity index is 1.54. The van der Waals surface area contributed by atoms with Gasteiger partial charge in [-0.05, 0) is 90.1 Å². The van der Waals surface area contributed by atoms with Gasteiger partial charge in [0.1, 0.15) is 0 Å². The van der Waals surface area contributed by atoms with Crippen LogP contribution in [0.2, 0.25) is 0 Å². The number of piperidine rings is 2. The Morgan fingerprint density at radius 3 is 2.24 bits per heavy atom. The fourth-order valence-corrected chi connectivity index (χ4v) is 3.24. The van der Waals surface area contributed by atoms with Gasteiger partial charge >= 0.3 is 0 Å². The zero-order chi connectivity index (χ0) is 12.1. The van der Waals surface area contributed by atoms with Crippen molar-refractivity contribution in [1.82, 2.24) is 9.80 Å². The standard InChI is InChI=1S/C15H30N2/c1-14-5-12-17(13-6-14)9-3-4-15-7-10-16(2)11-8-15/h14-15H,3-13H2,1-2H3. The Labute approximate surface area is 107 Å². The summed E-state index contributed by atoms with van der Waals surface area (Å²) in [5, 5.41) is 0. The zero-order valence-corrected chi connectivity index (χ0v) is 11.8. The molecular weight excluding hydrogens is 208 g/mol. The molecule has 0 aromatic heterocycles. The maximum absolute atomic E-state index is 2.69. The van der Waals surface area contributed by atoms with Gasteiger partial charge in [0.15, 0.2) is 0 Å². The summed E-state index contributed by atoms with van der Waals surface area (Å²) in [5.41, 5.74) is 0. The van der Waals surface area contributed by atoms with Gasteiger partial charge in [-0.1, -0.05) is 6.92 Å². The molecule has 0 unspecified atom stereocenters. The van der Waals surface area contributed by atoms with E-state index in [1.54, 1.807) is 0 Å². The minimum atomic E-state index is 0.972. The van der Waals surface area contributed by atoms with E-state index in [4.69, 9.17) is 0 Å². The van der Waals surface area contributed by atoms with E-state index in [-0.39, 0.29) is 0 Å². The smallest absolute Gasteiger partial charge is 0.00162 e. The normalized spacial score (nSPS) is 26.5. The molecule has 0 bridgehead atoms. The predicted octanol–water partition coefficient (Wildman–Crippen LogP) is 2.84. The highest BCUT2D eigenvalue weighted by atomic mass is 15.1. The summed E-state index contributed by atoms with van der Waals surface area (Å²) < 4.78 is 0. The third-order valence-corrected chi connectivity index (χ3v) is 4.80. The maximum Gasteiger partial charge on any atom is -0.00162 e. The van der Waals surface area contributed by atoms with Crippen LogP contribution < -0.4 is 0 Å². The van der Waals surface area contributed by atoms with E-state index >= 15 is 0 Å². The van der Waals surface area contributed by atoms with Crippen molar-refractivity contribution in [3.8, 4) is 0 Å². The first-order chi connectivity index (χ1) is 8.24. The molecule has 2 fully saturated rings. The summed E-state index contributed by atoms with van der Waals surface area (Å²) >= 11 is 0. The van der Waals surface area contributed by atoms with Crippen LogP contribution in [0.5, 0.6) is 0 Å². The molecule has 0 atom stereocenters. The SMILES string of the molecule is CC1CCN(CCCC2CCN(C)CC2)CC1. The zero-order valence-electron chi connectivity index (χ0n) is 11.8.